The van der Waals surface area contributed by atoms with Crippen LogP contribution in [0.25, 0.3) is 22.2 Å². The van der Waals surface area contributed by atoms with Gasteiger partial charge in [0.15, 0.2) is 0 Å². The summed E-state index contributed by atoms with van der Waals surface area (Å²) in [4.78, 5) is 22.5. The Balaban J connectivity index is 1.74. The van der Waals surface area contributed by atoms with Gasteiger partial charge in [-0.05, 0) is 53.8 Å². The van der Waals surface area contributed by atoms with Crippen molar-refractivity contribution < 1.29 is 9.53 Å². The maximum absolute atomic E-state index is 12.2. The molecular formula is C29H30N6O2. The van der Waals surface area contributed by atoms with Crippen molar-refractivity contribution >= 4 is 28.6 Å². The number of nitrogens with zero attached hydrogens (tertiary/aromatic N) is 5. The molecule has 0 aliphatic carbocycles. The minimum absolute atomic E-state index is 0.129. The Kier molecular flexibility index (Phi) is 7.54. The predicted molar refractivity (Wildman–Crippen MR) is 146 cm³/mol. The van der Waals surface area contributed by atoms with Crippen LogP contribution in [0.4, 0.5) is 5.69 Å². The number of methoxy groups -OCH3 is 1. The number of aromatic nitrogens is 2. The number of guanidine groups is 1. The fourth-order valence-electron chi connectivity index (χ4n) is 4.46. The number of carbonyl (C=O) groups is 1. The van der Waals surface area contributed by atoms with Crippen molar-refractivity contribution in [1.29, 1.82) is 5.26 Å². The number of fused-ring (bicyclic) bond motifs is 1. The first-order valence-corrected chi connectivity index (χ1v) is 12.1. The highest BCUT2D eigenvalue weighted by Gasteiger charge is 2.17. The first kappa shape index (κ1) is 25.5. The van der Waals surface area contributed by atoms with Crippen LogP contribution in [0.5, 0.6) is 0 Å². The van der Waals surface area contributed by atoms with Crippen molar-refractivity contribution in [2.75, 3.05) is 19.1 Å². The van der Waals surface area contributed by atoms with Crippen LogP contribution in [-0.2, 0) is 17.7 Å². The number of hydrogen-bond donors (Lipinski definition) is 1. The van der Waals surface area contributed by atoms with Crippen LogP contribution < -0.4 is 10.6 Å². The number of imidazole rings is 1. The molecule has 4 aromatic rings. The van der Waals surface area contributed by atoms with E-state index < -0.39 is 0 Å². The Hall–Kier alpha value is -4.64. The standard InChI is InChI=1S/C29H30N6O2/c1-5-8-26-33-27-19(2)15-22(34(3)29(31)32-18-30)16-25(27)35(26)17-20-11-13-21(14-12-20)23-9-6-7-10-24(23)28(36)37-4/h6-7,9-16H,5,8,17H2,1-4H3,(H2,31,32). The Morgan fingerprint density at radius 3 is 2.59 bits per heavy atom. The molecule has 0 bridgehead atoms. The van der Waals surface area contributed by atoms with E-state index in [1.54, 1.807) is 24.2 Å². The smallest absolute Gasteiger partial charge is 0.338 e. The minimum Gasteiger partial charge on any atom is -0.465 e. The number of aryl methyl sites for hydroxylation is 2. The minimum atomic E-state index is -0.356. The summed E-state index contributed by atoms with van der Waals surface area (Å²) in [5.41, 5.74) is 13.2. The monoisotopic (exact) mass is 494 g/mol. The molecule has 188 valence electrons. The predicted octanol–water partition coefficient (Wildman–Crippen LogP) is 5.03. The number of rotatable bonds is 7. The van der Waals surface area contributed by atoms with Crippen molar-refractivity contribution in [2.45, 2.75) is 33.2 Å². The molecule has 0 saturated heterocycles. The highest BCUT2D eigenvalue weighted by molar-refractivity contribution is 5.98. The molecule has 1 heterocycles. The summed E-state index contributed by atoms with van der Waals surface area (Å²) in [7, 11) is 3.18. The van der Waals surface area contributed by atoms with Gasteiger partial charge in [0.2, 0.25) is 12.2 Å². The molecule has 0 atom stereocenters. The van der Waals surface area contributed by atoms with E-state index in [0.29, 0.717) is 12.1 Å². The van der Waals surface area contributed by atoms with Crippen LogP contribution >= 0.6 is 0 Å². The van der Waals surface area contributed by atoms with Crippen LogP contribution in [0.1, 0.15) is 40.7 Å². The molecule has 0 radical (unpaired) electrons. The lowest BCUT2D eigenvalue weighted by Gasteiger charge is -2.18. The summed E-state index contributed by atoms with van der Waals surface area (Å²) in [5.74, 6) is 0.786. The van der Waals surface area contributed by atoms with E-state index in [-0.39, 0.29) is 11.9 Å². The molecule has 3 aromatic carbocycles. The summed E-state index contributed by atoms with van der Waals surface area (Å²) < 4.78 is 7.18. The maximum Gasteiger partial charge on any atom is 0.338 e. The molecular weight excluding hydrogens is 464 g/mol. The summed E-state index contributed by atoms with van der Waals surface area (Å²) in [6.45, 7) is 4.80. The SMILES string of the molecule is CCCc1nc2c(C)cc(N(C)C(N)=NC#N)cc2n1Cc1ccc(-c2ccccc2C(=O)OC)cc1. The third kappa shape index (κ3) is 5.16. The van der Waals surface area contributed by atoms with Gasteiger partial charge in [-0.1, -0.05) is 49.4 Å². The molecule has 0 aliphatic heterocycles. The Morgan fingerprint density at radius 2 is 1.92 bits per heavy atom. The molecule has 0 saturated carbocycles. The summed E-state index contributed by atoms with van der Waals surface area (Å²) in [5, 5.41) is 8.90. The van der Waals surface area contributed by atoms with Crippen LogP contribution in [0.2, 0.25) is 0 Å². The molecule has 2 N–H and O–H groups in total. The van der Waals surface area contributed by atoms with Crippen molar-refractivity contribution in [3.8, 4) is 17.3 Å². The molecule has 0 amide bonds. The number of benzene rings is 3. The summed E-state index contributed by atoms with van der Waals surface area (Å²) in [6, 6.07) is 19.7. The summed E-state index contributed by atoms with van der Waals surface area (Å²) in [6.07, 6.45) is 3.56. The van der Waals surface area contributed by atoms with Crippen LogP contribution in [-0.4, -0.2) is 35.6 Å². The van der Waals surface area contributed by atoms with Crippen molar-refractivity contribution in [1.82, 2.24) is 9.55 Å². The van der Waals surface area contributed by atoms with Crippen LogP contribution in [0.15, 0.2) is 65.7 Å². The molecule has 37 heavy (non-hydrogen) atoms. The molecule has 0 unspecified atom stereocenters. The van der Waals surface area contributed by atoms with E-state index >= 15 is 0 Å². The number of esters is 1. The van der Waals surface area contributed by atoms with Gasteiger partial charge in [-0.25, -0.2) is 9.78 Å². The Labute approximate surface area is 216 Å². The van der Waals surface area contributed by atoms with E-state index in [2.05, 4.69) is 28.6 Å². The van der Waals surface area contributed by atoms with Gasteiger partial charge >= 0.3 is 5.97 Å². The van der Waals surface area contributed by atoms with Gasteiger partial charge in [-0.15, -0.1) is 4.99 Å². The molecule has 4 rings (SSSR count). The van der Waals surface area contributed by atoms with E-state index in [9.17, 15) is 4.79 Å². The third-order valence-electron chi connectivity index (χ3n) is 6.42. The number of nitrogens with two attached hydrogens (primary N) is 1. The van der Waals surface area contributed by atoms with Gasteiger partial charge in [0.05, 0.1) is 23.7 Å². The average molecular weight is 495 g/mol. The zero-order chi connectivity index (χ0) is 26.5. The van der Waals surface area contributed by atoms with E-state index in [1.807, 2.05) is 49.4 Å². The second-order valence-corrected chi connectivity index (χ2v) is 8.86. The molecule has 0 aliphatic rings. The number of anilines is 1. The van der Waals surface area contributed by atoms with Crippen molar-refractivity contribution in [2.24, 2.45) is 10.7 Å². The van der Waals surface area contributed by atoms with Crippen LogP contribution in [0.3, 0.4) is 0 Å². The molecule has 8 nitrogen and oxygen atoms in total. The zero-order valence-corrected chi connectivity index (χ0v) is 21.5. The average Bonchev–Trinajstić information content (AvgIpc) is 3.26. The Morgan fingerprint density at radius 1 is 1.19 bits per heavy atom. The number of hydrogen-bond acceptors (Lipinski definition) is 5. The summed E-state index contributed by atoms with van der Waals surface area (Å²) >= 11 is 0. The number of nitriles is 1. The molecule has 0 spiro atoms. The highest BCUT2D eigenvalue weighted by Crippen LogP contribution is 2.29. The van der Waals surface area contributed by atoms with E-state index in [1.165, 1.54) is 7.11 Å². The largest absolute Gasteiger partial charge is 0.465 e. The maximum atomic E-state index is 12.2. The first-order chi connectivity index (χ1) is 17.9. The Bertz CT molecular complexity index is 1510. The number of carbonyl (C=O) groups excluding carboxylic acids is 1. The topological polar surface area (TPSA) is 110 Å². The lowest BCUT2D eigenvalue weighted by molar-refractivity contribution is 0.0601. The number of ether oxygens (including phenoxy) is 1. The fourth-order valence-corrected chi connectivity index (χ4v) is 4.46. The van der Waals surface area contributed by atoms with E-state index in [4.69, 9.17) is 20.7 Å². The van der Waals surface area contributed by atoms with Gasteiger partial charge in [0.1, 0.15) is 5.82 Å². The van der Waals surface area contributed by atoms with Gasteiger partial charge in [-0.2, -0.15) is 5.26 Å². The zero-order valence-electron chi connectivity index (χ0n) is 21.5. The fraction of sp³-hybridized carbons (Fsp3) is 0.241. The first-order valence-electron chi connectivity index (χ1n) is 12.1. The lowest BCUT2D eigenvalue weighted by atomic mass is 9.98. The third-order valence-corrected chi connectivity index (χ3v) is 6.42. The second kappa shape index (κ2) is 11.0. The van der Waals surface area contributed by atoms with Gasteiger partial charge in [-0.3, -0.25) is 0 Å². The molecule has 0 fully saturated rings. The molecule has 1 aromatic heterocycles. The highest BCUT2D eigenvalue weighted by atomic mass is 16.5. The normalized spacial score (nSPS) is 11.4. The quantitative estimate of drug-likeness (QED) is 0.167. The second-order valence-electron chi connectivity index (χ2n) is 8.86. The van der Waals surface area contributed by atoms with Crippen molar-refractivity contribution in [3.63, 3.8) is 0 Å². The van der Waals surface area contributed by atoms with Gasteiger partial charge in [0.25, 0.3) is 0 Å². The molecule has 8 heteroatoms. The van der Waals surface area contributed by atoms with Gasteiger partial charge < -0.3 is 19.9 Å². The number of aliphatic imine (C=N–C) groups is 1. The lowest BCUT2D eigenvalue weighted by Crippen LogP contribution is -2.33. The van der Waals surface area contributed by atoms with Crippen molar-refractivity contribution in [3.05, 3.63) is 83.2 Å². The van der Waals surface area contributed by atoms with Crippen LogP contribution in [0, 0.1) is 18.4 Å². The van der Waals surface area contributed by atoms with E-state index in [0.717, 1.165) is 57.6 Å². The van der Waals surface area contributed by atoms with Gasteiger partial charge in [0, 0.05) is 25.7 Å².